The van der Waals surface area contributed by atoms with E-state index >= 15 is 0 Å². The molecule has 8 heteroatoms. The molecule has 1 aromatic carbocycles. The van der Waals surface area contributed by atoms with Crippen LogP contribution in [0.25, 0.3) is 0 Å². The number of amides is 1. The highest BCUT2D eigenvalue weighted by atomic mass is 19.1. The van der Waals surface area contributed by atoms with Crippen molar-refractivity contribution in [1.82, 2.24) is 4.90 Å². The van der Waals surface area contributed by atoms with Crippen molar-refractivity contribution in [2.75, 3.05) is 27.3 Å². The van der Waals surface area contributed by atoms with Crippen molar-refractivity contribution >= 4 is 17.8 Å². The van der Waals surface area contributed by atoms with Crippen molar-refractivity contribution < 1.29 is 33.4 Å². The molecule has 0 saturated carbocycles. The molecule has 0 bridgehead atoms. The molecule has 0 atom stereocenters. The first-order valence-corrected chi connectivity index (χ1v) is 5.81. The maximum Gasteiger partial charge on any atom is 0.325 e. The summed E-state index contributed by atoms with van der Waals surface area (Å²) in [4.78, 5) is 35.5. The first-order valence-electron chi connectivity index (χ1n) is 5.81. The molecule has 0 radical (unpaired) electrons. The number of hydrogen-bond donors (Lipinski definition) is 1. The smallest absolute Gasteiger partial charge is 0.325 e. The summed E-state index contributed by atoms with van der Waals surface area (Å²) in [6.45, 7) is -1.17. The zero-order valence-corrected chi connectivity index (χ0v) is 11.5. The Labute approximate surface area is 119 Å². The Hall–Kier alpha value is -2.64. The number of benzene rings is 1. The third-order valence-corrected chi connectivity index (χ3v) is 2.59. The van der Waals surface area contributed by atoms with Gasteiger partial charge in [0.15, 0.2) is 0 Å². The number of aromatic hydroxyl groups is 1. The van der Waals surface area contributed by atoms with Crippen LogP contribution >= 0.6 is 0 Å². The van der Waals surface area contributed by atoms with Crippen LogP contribution in [0.2, 0.25) is 0 Å². The number of carbonyl (C=O) groups excluding carboxylic acids is 3. The van der Waals surface area contributed by atoms with Crippen LogP contribution in [-0.2, 0) is 19.1 Å². The van der Waals surface area contributed by atoms with Gasteiger partial charge in [-0.25, -0.2) is 4.39 Å². The lowest BCUT2D eigenvalue weighted by Crippen LogP contribution is -2.40. The van der Waals surface area contributed by atoms with Crippen molar-refractivity contribution in [2.45, 2.75) is 0 Å². The van der Waals surface area contributed by atoms with E-state index < -0.39 is 48.1 Å². The topological polar surface area (TPSA) is 93.1 Å². The molecular formula is C13H14FNO6. The van der Waals surface area contributed by atoms with Gasteiger partial charge in [-0.3, -0.25) is 14.4 Å². The lowest BCUT2D eigenvalue weighted by molar-refractivity contribution is -0.144. The average molecular weight is 299 g/mol. The SMILES string of the molecule is COC(=O)CN(CC(=O)OC)C(=O)c1c(O)cccc1F. The van der Waals surface area contributed by atoms with Gasteiger partial charge in [-0.05, 0) is 12.1 Å². The number of nitrogens with zero attached hydrogens (tertiary/aromatic N) is 1. The quantitative estimate of drug-likeness (QED) is 0.787. The van der Waals surface area contributed by atoms with E-state index in [1.54, 1.807) is 0 Å². The first kappa shape index (κ1) is 16.4. The Morgan fingerprint density at radius 3 is 2.10 bits per heavy atom. The summed E-state index contributed by atoms with van der Waals surface area (Å²) in [7, 11) is 2.20. The highest BCUT2D eigenvalue weighted by molar-refractivity contribution is 6.00. The van der Waals surface area contributed by atoms with Crippen LogP contribution in [0, 0.1) is 5.82 Å². The van der Waals surface area contributed by atoms with Gasteiger partial charge in [0.1, 0.15) is 30.2 Å². The number of methoxy groups -OCH3 is 2. The average Bonchev–Trinajstić information content (AvgIpc) is 2.45. The van der Waals surface area contributed by atoms with Gasteiger partial charge >= 0.3 is 11.9 Å². The van der Waals surface area contributed by atoms with Gasteiger partial charge in [-0.1, -0.05) is 6.07 Å². The standard InChI is InChI=1S/C13H14FNO6/c1-20-10(17)6-15(7-11(18)21-2)13(19)12-8(14)4-3-5-9(12)16/h3-5,16H,6-7H2,1-2H3. The molecule has 1 aromatic rings. The minimum atomic E-state index is -1.03. The number of carbonyl (C=O) groups is 3. The van der Waals surface area contributed by atoms with Crippen molar-refractivity contribution in [2.24, 2.45) is 0 Å². The van der Waals surface area contributed by atoms with Gasteiger partial charge in [-0.2, -0.15) is 0 Å². The highest BCUT2D eigenvalue weighted by Crippen LogP contribution is 2.21. The normalized spacial score (nSPS) is 9.86. The molecule has 1 amide bonds. The Balaban J connectivity index is 3.09. The molecule has 1 rings (SSSR count). The Bertz CT molecular complexity index is 521. The fourth-order valence-electron chi connectivity index (χ4n) is 1.52. The molecule has 114 valence electrons. The fraction of sp³-hybridized carbons (Fsp3) is 0.308. The number of esters is 2. The van der Waals surface area contributed by atoms with Gasteiger partial charge in [-0.15, -0.1) is 0 Å². The van der Waals surface area contributed by atoms with E-state index in [2.05, 4.69) is 9.47 Å². The number of hydrogen-bond acceptors (Lipinski definition) is 6. The fourth-order valence-corrected chi connectivity index (χ4v) is 1.52. The molecule has 1 N–H and O–H groups in total. The molecule has 0 saturated heterocycles. The van der Waals surface area contributed by atoms with Gasteiger partial charge in [0.05, 0.1) is 14.2 Å². The molecular weight excluding hydrogens is 285 g/mol. The van der Waals surface area contributed by atoms with Crippen LogP contribution in [0.1, 0.15) is 10.4 Å². The van der Waals surface area contributed by atoms with E-state index in [-0.39, 0.29) is 0 Å². The zero-order valence-electron chi connectivity index (χ0n) is 11.5. The van der Waals surface area contributed by atoms with E-state index in [9.17, 15) is 23.9 Å². The number of phenolic OH excluding ortho intramolecular Hbond substituents is 1. The largest absolute Gasteiger partial charge is 0.507 e. The monoisotopic (exact) mass is 299 g/mol. The molecule has 0 aliphatic heterocycles. The van der Waals surface area contributed by atoms with Crippen LogP contribution in [0.5, 0.6) is 5.75 Å². The van der Waals surface area contributed by atoms with E-state index in [0.29, 0.717) is 0 Å². The number of phenols is 1. The van der Waals surface area contributed by atoms with Crippen LogP contribution in [-0.4, -0.2) is 55.2 Å². The number of ether oxygens (including phenoxy) is 2. The van der Waals surface area contributed by atoms with Crippen LogP contribution in [0.4, 0.5) is 4.39 Å². The zero-order chi connectivity index (χ0) is 16.0. The molecule has 0 spiro atoms. The van der Waals surface area contributed by atoms with Crippen LogP contribution < -0.4 is 0 Å². The number of halogens is 1. The van der Waals surface area contributed by atoms with Crippen LogP contribution in [0.15, 0.2) is 18.2 Å². The molecule has 0 unspecified atom stereocenters. The van der Waals surface area contributed by atoms with E-state index in [1.807, 2.05) is 0 Å². The second kappa shape index (κ2) is 7.22. The molecule has 0 aliphatic carbocycles. The maximum absolute atomic E-state index is 13.7. The third kappa shape index (κ3) is 4.16. The second-order valence-corrected chi connectivity index (χ2v) is 3.95. The summed E-state index contributed by atoms with van der Waals surface area (Å²) < 4.78 is 22.5. The summed E-state index contributed by atoms with van der Waals surface area (Å²) in [5, 5.41) is 9.57. The third-order valence-electron chi connectivity index (χ3n) is 2.59. The van der Waals surface area contributed by atoms with Gasteiger partial charge in [0, 0.05) is 0 Å². The van der Waals surface area contributed by atoms with Crippen molar-refractivity contribution in [3.05, 3.63) is 29.6 Å². The molecule has 0 aromatic heterocycles. The minimum Gasteiger partial charge on any atom is -0.507 e. The Morgan fingerprint density at radius 1 is 1.14 bits per heavy atom. The van der Waals surface area contributed by atoms with E-state index in [4.69, 9.17) is 0 Å². The minimum absolute atomic E-state index is 0.585. The van der Waals surface area contributed by atoms with Crippen molar-refractivity contribution in [1.29, 1.82) is 0 Å². The Morgan fingerprint density at radius 2 is 1.67 bits per heavy atom. The molecule has 0 fully saturated rings. The molecule has 21 heavy (non-hydrogen) atoms. The highest BCUT2D eigenvalue weighted by Gasteiger charge is 2.26. The van der Waals surface area contributed by atoms with Gasteiger partial charge in [0.2, 0.25) is 0 Å². The predicted octanol–water partition coefficient (Wildman–Crippen LogP) is 0.319. The van der Waals surface area contributed by atoms with Gasteiger partial charge < -0.3 is 19.5 Å². The Kier molecular flexibility index (Phi) is 5.65. The van der Waals surface area contributed by atoms with Crippen molar-refractivity contribution in [3.63, 3.8) is 0 Å². The second-order valence-electron chi connectivity index (χ2n) is 3.95. The summed E-state index contributed by atoms with van der Waals surface area (Å²) in [5.41, 5.74) is -0.634. The molecule has 7 nitrogen and oxygen atoms in total. The van der Waals surface area contributed by atoms with Crippen LogP contribution in [0.3, 0.4) is 0 Å². The molecule has 0 heterocycles. The molecule has 0 aliphatic rings. The maximum atomic E-state index is 13.7. The van der Waals surface area contributed by atoms with E-state index in [1.165, 1.54) is 6.07 Å². The summed E-state index contributed by atoms with van der Waals surface area (Å²) in [6, 6.07) is 3.30. The number of rotatable bonds is 5. The summed E-state index contributed by atoms with van der Waals surface area (Å²) in [6.07, 6.45) is 0. The lowest BCUT2D eigenvalue weighted by Gasteiger charge is -2.20. The summed E-state index contributed by atoms with van der Waals surface area (Å²) in [5.74, 6) is -4.20. The van der Waals surface area contributed by atoms with Gasteiger partial charge in [0.25, 0.3) is 5.91 Å². The summed E-state index contributed by atoms with van der Waals surface area (Å²) >= 11 is 0. The predicted molar refractivity (Wildman–Crippen MR) is 68.0 cm³/mol. The lowest BCUT2D eigenvalue weighted by atomic mass is 10.1. The van der Waals surface area contributed by atoms with E-state index in [0.717, 1.165) is 31.3 Å². The first-order chi connectivity index (χ1) is 9.90. The van der Waals surface area contributed by atoms with Crippen molar-refractivity contribution in [3.8, 4) is 5.75 Å².